The van der Waals surface area contributed by atoms with Crippen LogP contribution in [0.15, 0.2) is 0 Å². The summed E-state index contributed by atoms with van der Waals surface area (Å²) in [7, 11) is 0. The van der Waals surface area contributed by atoms with Crippen LogP contribution in [0.25, 0.3) is 0 Å². The van der Waals surface area contributed by atoms with E-state index in [0.29, 0.717) is 12.5 Å². The molecular weight excluding hydrogens is 232 g/mol. The molecular formula is C13H24N2OS. The average Bonchev–Trinajstić information content (AvgIpc) is 2.53. The first-order valence-electron chi connectivity index (χ1n) is 6.74. The van der Waals surface area contributed by atoms with E-state index in [4.69, 9.17) is 5.73 Å². The van der Waals surface area contributed by atoms with Crippen molar-refractivity contribution in [2.75, 3.05) is 25.9 Å². The number of nitrogens with two attached hydrogens (primary N) is 1. The molecule has 1 aliphatic heterocycles. The summed E-state index contributed by atoms with van der Waals surface area (Å²) < 4.78 is 0. The Labute approximate surface area is 108 Å². The van der Waals surface area contributed by atoms with Gasteiger partial charge in [0.2, 0.25) is 5.91 Å². The van der Waals surface area contributed by atoms with Crippen LogP contribution in [0, 0.1) is 5.41 Å². The highest BCUT2D eigenvalue weighted by Gasteiger charge is 2.45. The van der Waals surface area contributed by atoms with Gasteiger partial charge in [-0.15, -0.1) is 0 Å². The Morgan fingerprint density at radius 2 is 2.12 bits per heavy atom. The van der Waals surface area contributed by atoms with Crippen molar-refractivity contribution in [1.82, 2.24) is 4.90 Å². The normalized spacial score (nSPS) is 28.4. The number of hydrogen-bond donors (Lipinski definition) is 1. The number of carbonyl (C=O) groups excluding carboxylic acids is 1. The molecule has 98 valence electrons. The summed E-state index contributed by atoms with van der Waals surface area (Å²) in [6.07, 6.45) is 8.90. The molecule has 0 aromatic rings. The predicted octanol–water partition coefficient (Wildman–Crippen LogP) is 1.86. The van der Waals surface area contributed by atoms with Gasteiger partial charge in [-0.3, -0.25) is 4.79 Å². The summed E-state index contributed by atoms with van der Waals surface area (Å²) in [6, 6.07) is 0. The Kier molecular flexibility index (Phi) is 4.36. The Bertz CT molecular complexity index is 273. The molecule has 2 aliphatic rings. The number of hydrogen-bond acceptors (Lipinski definition) is 3. The van der Waals surface area contributed by atoms with Crippen molar-refractivity contribution in [2.24, 2.45) is 11.1 Å². The maximum atomic E-state index is 12.5. The van der Waals surface area contributed by atoms with Crippen molar-refractivity contribution < 1.29 is 4.79 Å². The van der Waals surface area contributed by atoms with Gasteiger partial charge in [-0.2, -0.15) is 11.8 Å². The zero-order valence-electron chi connectivity index (χ0n) is 10.8. The van der Waals surface area contributed by atoms with Crippen LogP contribution in [0.1, 0.15) is 38.5 Å². The quantitative estimate of drug-likeness (QED) is 0.838. The van der Waals surface area contributed by atoms with Crippen LogP contribution in [0.3, 0.4) is 0 Å². The molecule has 1 unspecified atom stereocenters. The first-order valence-corrected chi connectivity index (χ1v) is 8.03. The number of carbonyl (C=O) groups is 1. The third kappa shape index (κ3) is 2.63. The van der Waals surface area contributed by atoms with Crippen molar-refractivity contribution in [3.63, 3.8) is 0 Å². The molecule has 0 bridgehead atoms. The fourth-order valence-corrected chi connectivity index (χ4v) is 3.69. The molecule has 1 aliphatic carbocycles. The molecule has 4 heteroatoms. The molecule has 2 fully saturated rings. The first kappa shape index (κ1) is 13.2. The van der Waals surface area contributed by atoms with Crippen LogP contribution in [0.2, 0.25) is 0 Å². The zero-order valence-corrected chi connectivity index (χ0v) is 11.6. The lowest BCUT2D eigenvalue weighted by atomic mass is 9.68. The first-order chi connectivity index (χ1) is 8.22. The lowest BCUT2D eigenvalue weighted by Crippen LogP contribution is -2.52. The van der Waals surface area contributed by atoms with Crippen LogP contribution in [-0.2, 0) is 4.79 Å². The van der Waals surface area contributed by atoms with E-state index < -0.39 is 0 Å². The number of rotatable bonds is 3. The van der Waals surface area contributed by atoms with Gasteiger partial charge in [0.05, 0.1) is 5.41 Å². The fraction of sp³-hybridized carbons (Fsp3) is 0.923. The minimum Gasteiger partial charge on any atom is -0.342 e. The molecule has 1 saturated heterocycles. The van der Waals surface area contributed by atoms with Gasteiger partial charge in [-0.05, 0) is 38.4 Å². The summed E-state index contributed by atoms with van der Waals surface area (Å²) in [5.74, 6) is 0.341. The smallest absolute Gasteiger partial charge is 0.230 e. The van der Waals surface area contributed by atoms with Gasteiger partial charge >= 0.3 is 0 Å². The largest absolute Gasteiger partial charge is 0.342 e. The lowest BCUT2D eigenvalue weighted by Gasteiger charge is -2.42. The minimum atomic E-state index is -0.181. The fourth-order valence-electron chi connectivity index (χ4n) is 2.95. The second-order valence-corrected chi connectivity index (χ2v) is 6.56. The standard InChI is InChI=1S/C13H24N2OS/c1-17-11-4-2-8-15(9-5-11)12(16)13(10-14)6-3-7-13/h11H,2-10,14H2,1H3. The van der Waals surface area contributed by atoms with Gasteiger partial charge in [0.1, 0.15) is 0 Å². The summed E-state index contributed by atoms with van der Waals surface area (Å²) in [5, 5.41) is 0.739. The Morgan fingerprint density at radius 1 is 1.35 bits per heavy atom. The van der Waals surface area contributed by atoms with Crippen molar-refractivity contribution in [3.8, 4) is 0 Å². The molecule has 1 saturated carbocycles. The second-order valence-electron chi connectivity index (χ2n) is 5.42. The third-order valence-corrected chi connectivity index (χ3v) is 5.59. The Balaban J connectivity index is 1.95. The topological polar surface area (TPSA) is 46.3 Å². The number of amides is 1. The molecule has 2 rings (SSSR count). The highest BCUT2D eigenvalue weighted by molar-refractivity contribution is 7.99. The molecule has 1 heterocycles. The predicted molar refractivity (Wildman–Crippen MR) is 73.1 cm³/mol. The molecule has 3 nitrogen and oxygen atoms in total. The van der Waals surface area contributed by atoms with Crippen LogP contribution >= 0.6 is 11.8 Å². The van der Waals surface area contributed by atoms with E-state index in [-0.39, 0.29) is 5.41 Å². The highest BCUT2D eigenvalue weighted by atomic mass is 32.2. The second kappa shape index (κ2) is 5.61. The lowest BCUT2D eigenvalue weighted by molar-refractivity contribution is -0.146. The molecule has 0 radical (unpaired) electrons. The van der Waals surface area contributed by atoms with E-state index >= 15 is 0 Å². The van der Waals surface area contributed by atoms with Crippen LogP contribution in [-0.4, -0.2) is 41.9 Å². The van der Waals surface area contributed by atoms with E-state index in [1.54, 1.807) is 0 Å². The minimum absolute atomic E-state index is 0.181. The van der Waals surface area contributed by atoms with Crippen molar-refractivity contribution >= 4 is 17.7 Å². The molecule has 2 N–H and O–H groups in total. The van der Waals surface area contributed by atoms with Crippen molar-refractivity contribution in [3.05, 3.63) is 0 Å². The van der Waals surface area contributed by atoms with Gasteiger partial charge in [0, 0.05) is 24.9 Å². The van der Waals surface area contributed by atoms with E-state index in [1.807, 2.05) is 11.8 Å². The van der Waals surface area contributed by atoms with Crippen LogP contribution in [0.4, 0.5) is 0 Å². The van der Waals surface area contributed by atoms with Gasteiger partial charge in [-0.1, -0.05) is 6.42 Å². The van der Waals surface area contributed by atoms with Crippen LogP contribution in [0.5, 0.6) is 0 Å². The summed E-state index contributed by atoms with van der Waals surface area (Å²) >= 11 is 1.94. The molecule has 1 atom stereocenters. The molecule has 1 amide bonds. The molecule has 17 heavy (non-hydrogen) atoms. The number of likely N-dealkylation sites (tertiary alicyclic amines) is 1. The van der Waals surface area contributed by atoms with Crippen molar-refractivity contribution in [1.29, 1.82) is 0 Å². The van der Waals surface area contributed by atoms with Gasteiger partial charge in [-0.25, -0.2) is 0 Å². The Hall–Kier alpha value is -0.220. The maximum Gasteiger partial charge on any atom is 0.230 e. The third-order valence-electron chi connectivity index (χ3n) is 4.45. The maximum absolute atomic E-state index is 12.5. The van der Waals surface area contributed by atoms with E-state index in [0.717, 1.165) is 44.0 Å². The van der Waals surface area contributed by atoms with Gasteiger partial charge in [0.15, 0.2) is 0 Å². The summed E-state index contributed by atoms with van der Waals surface area (Å²) in [4.78, 5) is 14.6. The number of thioether (sulfide) groups is 1. The average molecular weight is 256 g/mol. The Morgan fingerprint density at radius 3 is 2.65 bits per heavy atom. The number of nitrogens with zero attached hydrogens (tertiary/aromatic N) is 1. The van der Waals surface area contributed by atoms with Gasteiger partial charge < -0.3 is 10.6 Å². The van der Waals surface area contributed by atoms with Crippen molar-refractivity contribution in [2.45, 2.75) is 43.8 Å². The summed E-state index contributed by atoms with van der Waals surface area (Å²) in [6.45, 7) is 2.41. The molecule has 0 aromatic carbocycles. The van der Waals surface area contributed by atoms with E-state index in [2.05, 4.69) is 11.2 Å². The monoisotopic (exact) mass is 256 g/mol. The summed E-state index contributed by atoms with van der Waals surface area (Å²) in [5.41, 5.74) is 5.64. The SMILES string of the molecule is CSC1CCCN(C(=O)C2(CN)CCC2)CC1. The molecule has 0 spiro atoms. The zero-order chi connectivity index (χ0) is 12.3. The highest BCUT2D eigenvalue weighted by Crippen LogP contribution is 2.42. The van der Waals surface area contributed by atoms with E-state index in [1.165, 1.54) is 12.8 Å². The van der Waals surface area contributed by atoms with E-state index in [9.17, 15) is 4.79 Å². The van der Waals surface area contributed by atoms with Gasteiger partial charge in [0.25, 0.3) is 0 Å². The van der Waals surface area contributed by atoms with Crippen LogP contribution < -0.4 is 5.73 Å². The molecule has 0 aromatic heterocycles.